The van der Waals surface area contributed by atoms with E-state index in [1.54, 1.807) is 58.0 Å². The Labute approximate surface area is 577 Å². The number of aliphatic hydroxyl groups is 1. The molecular weight excluding hydrogens is 1310 g/mol. The number of phenols is 1. The number of nitrogens with two attached hydrogens (primary N) is 3. The number of carbonyl (C=O) groups is 16. The molecule has 554 valence electrons. The van der Waals surface area contributed by atoms with E-state index in [0.29, 0.717) is 24.0 Å². The molecule has 0 aliphatic carbocycles. The Morgan fingerprint density at radius 1 is 0.440 bits per heavy atom. The van der Waals surface area contributed by atoms with Gasteiger partial charge in [0, 0.05) is 19.3 Å². The van der Waals surface area contributed by atoms with Gasteiger partial charge in [-0.2, -0.15) is 0 Å². The van der Waals surface area contributed by atoms with E-state index in [-0.39, 0.29) is 56.7 Å². The summed E-state index contributed by atoms with van der Waals surface area (Å²) in [7, 11) is 0. The quantitative estimate of drug-likeness (QED) is 0.0275. The van der Waals surface area contributed by atoms with Crippen molar-refractivity contribution < 1.29 is 97.1 Å². The lowest BCUT2D eigenvalue weighted by atomic mass is 9.96. The highest BCUT2D eigenvalue weighted by molar-refractivity contribution is 6.00. The second-order valence-corrected chi connectivity index (χ2v) is 24.4. The highest BCUT2D eigenvalue weighted by Gasteiger charge is 2.37. The molecule has 2 aromatic carbocycles. The Kier molecular flexibility index (Phi) is 37.6. The van der Waals surface area contributed by atoms with Crippen LogP contribution in [-0.2, 0) is 89.6 Å². The van der Waals surface area contributed by atoms with Crippen molar-refractivity contribution in [2.75, 3.05) is 26.2 Å². The van der Waals surface area contributed by atoms with Crippen LogP contribution < -0.4 is 86.3 Å². The van der Waals surface area contributed by atoms with Crippen LogP contribution in [0.1, 0.15) is 118 Å². The Hall–Kier alpha value is -10.4. The van der Waals surface area contributed by atoms with Crippen molar-refractivity contribution in [1.82, 2.24) is 69.1 Å². The van der Waals surface area contributed by atoms with E-state index in [0.717, 1.165) is 0 Å². The molecule has 36 nitrogen and oxygen atoms in total. The Balaban J connectivity index is 2.20. The minimum absolute atomic E-state index is 0.00191. The molecule has 23 N–H and O–H groups in total. The van der Waals surface area contributed by atoms with Crippen molar-refractivity contribution in [2.45, 2.75) is 192 Å². The summed E-state index contributed by atoms with van der Waals surface area (Å²) in [5.41, 5.74) is 17.4. The predicted molar refractivity (Wildman–Crippen MR) is 357 cm³/mol. The van der Waals surface area contributed by atoms with E-state index >= 15 is 0 Å². The van der Waals surface area contributed by atoms with Crippen LogP contribution >= 0.6 is 0 Å². The number of carbonyl (C=O) groups excluding carboxylic acids is 14. The average Bonchev–Trinajstić information content (AvgIpc) is 0.752. The molecule has 0 unspecified atom stereocenters. The maximum atomic E-state index is 14.3. The van der Waals surface area contributed by atoms with Gasteiger partial charge in [0.1, 0.15) is 84.8 Å². The summed E-state index contributed by atoms with van der Waals surface area (Å²) in [5, 5.41) is 70.1. The molecule has 0 spiro atoms. The molecule has 100 heavy (non-hydrogen) atoms. The topological polar surface area (TPSA) is 588 Å². The van der Waals surface area contributed by atoms with E-state index in [1.807, 2.05) is 0 Å². The summed E-state index contributed by atoms with van der Waals surface area (Å²) in [4.78, 5) is 211. The summed E-state index contributed by atoms with van der Waals surface area (Å²) in [6.45, 7) is 9.45. The number of aromatic hydroxyl groups is 1. The molecule has 0 saturated carbocycles. The van der Waals surface area contributed by atoms with Gasteiger partial charge < -0.3 is 107 Å². The first-order valence-electron chi connectivity index (χ1n) is 32.5. The standard InChI is InChI=1S/C64H98N16O20/c1-9-33(4)52(64(100)78-45(27-39-18-20-40(82)21-19-39)62(98)75-43(25-32(2)3)60(96)77-46(28-48(67)83)57(93)68-30-51(87)88)80-63(99)47(31-81)79-56(92)37(8)71-54(90)35(6)69-53(89)34(5)70-55(91)36(7)72-58(94)41(17-13-14-24-65)74-61(97)44(26-38-15-11-10-12-16-38)76-59(95)42(22-23-50(85)86)73-49(84)29-66/h10-12,15-16,18-21,32-37,41-47,52,81-82H,9,13-14,17,22-31,65-66H2,1-8H3,(H2,67,83)(H,68,93)(H,69,89)(H,70,91)(H,71,90)(H,72,94)(H,73,84)(H,74,97)(H,75,98)(H,76,95)(H,77,96)(H,78,100)(H,79,92)(H,80,99)(H,85,86)(H,87,88)/t33-,34-,35-,36-,37-,41-,42-,43-,44-,45-,46-,47-,52-/m0/s1. The minimum Gasteiger partial charge on any atom is -0.508 e. The van der Waals surface area contributed by atoms with Crippen LogP contribution in [0, 0.1) is 11.8 Å². The fraction of sp³-hybridized carbons (Fsp3) is 0.562. The Morgan fingerprint density at radius 3 is 1.33 bits per heavy atom. The van der Waals surface area contributed by atoms with E-state index < -0.39 is 206 Å². The third-order valence-corrected chi connectivity index (χ3v) is 15.4. The van der Waals surface area contributed by atoms with Gasteiger partial charge in [0.15, 0.2) is 0 Å². The first kappa shape index (κ1) is 85.7. The second kappa shape index (κ2) is 43.8. The smallest absolute Gasteiger partial charge is 0.322 e. The normalized spacial score (nSPS) is 14.9. The SMILES string of the molecule is CC[C@H](C)[C@H](NC(=O)[C@H](CO)NC(=O)[C@H](C)NC(=O)[C@H](C)NC(=O)[C@H](C)NC(=O)[C@H](C)NC(=O)[C@H](CCCCN)NC(=O)[C@H](Cc1ccccc1)NC(=O)[C@H](CCC(=O)O)NC(=O)CN)C(=O)N[C@@H](Cc1ccc(O)cc1)C(=O)N[C@@H](CC(C)C)C(=O)N[C@@H](CC(N)=O)C(=O)NCC(=O)O. The zero-order valence-electron chi connectivity index (χ0n) is 57.2. The highest BCUT2D eigenvalue weighted by Crippen LogP contribution is 2.16. The largest absolute Gasteiger partial charge is 0.508 e. The van der Waals surface area contributed by atoms with E-state index in [1.165, 1.54) is 52.0 Å². The first-order valence-corrected chi connectivity index (χ1v) is 32.5. The number of aliphatic carboxylic acids is 2. The van der Waals surface area contributed by atoms with Crippen LogP contribution in [0.2, 0.25) is 0 Å². The molecule has 0 radical (unpaired) electrons. The fourth-order valence-corrected chi connectivity index (χ4v) is 9.48. The van der Waals surface area contributed by atoms with Crippen LogP contribution in [0.25, 0.3) is 0 Å². The maximum Gasteiger partial charge on any atom is 0.322 e. The van der Waals surface area contributed by atoms with Gasteiger partial charge in [-0.3, -0.25) is 76.7 Å². The zero-order valence-corrected chi connectivity index (χ0v) is 57.2. The molecule has 0 aromatic heterocycles. The van der Waals surface area contributed by atoms with Gasteiger partial charge in [0.05, 0.1) is 19.6 Å². The first-order chi connectivity index (χ1) is 47.0. The van der Waals surface area contributed by atoms with E-state index in [4.69, 9.17) is 22.3 Å². The number of benzene rings is 2. The van der Waals surface area contributed by atoms with E-state index in [2.05, 4.69) is 69.1 Å². The number of hydrogen-bond donors (Lipinski definition) is 20. The van der Waals surface area contributed by atoms with Crippen LogP contribution in [0.4, 0.5) is 0 Å². The molecule has 14 amide bonds. The van der Waals surface area contributed by atoms with Crippen molar-refractivity contribution in [3.05, 3.63) is 65.7 Å². The number of primary amides is 1. The maximum absolute atomic E-state index is 14.3. The van der Waals surface area contributed by atoms with Crippen LogP contribution in [0.3, 0.4) is 0 Å². The molecule has 2 rings (SSSR count). The zero-order chi connectivity index (χ0) is 75.5. The summed E-state index contributed by atoms with van der Waals surface area (Å²) in [6.07, 6.45) is -1.10. The van der Waals surface area contributed by atoms with Crippen LogP contribution in [0.15, 0.2) is 54.6 Å². The lowest BCUT2D eigenvalue weighted by Crippen LogP contribution is -2.61. The molecule has 0 bridgehead atoms. The average molecular weight is 1410 g/mol. The number of amides is 14. The molecule has 0 heterocycles. The van der Waals surface area contributed by atoms with Crippen LogP contribution in [0.5, 0.6) is 5.75 Å². The third-order valence-electron chi connectivity index (χ3n) is 15.4. The summed E-state index contributed by atoms with van der Waals surface area (Å²) < 4.78 is 0. The lowest BCUT2D eigenvalue weighted by molar-refractivity contribution is -0.139. The Morgan fingerprint density at radius 2 is 0.860 bits per heavy atom. The number of carboxylic acid groups (broad SMARTS) is 2. The van der Waals surface area contributed by atoms with Crippen molar-refractivity contribution >= 4 is 94.6 Å². The number of aliphatic hydroxyl groups excluding tert-OH is 1. The van der Waals surface area contributed by atoms with Gasteiger partial charge in [-0.15, -0.1) is 0 Å². The molecule has 0 aliphatic heterocycles. The number of rotatable bonds is 45. The molecule has 0 fully saturated rings. The van der Waals surface area contributed by atoms with Gasteiger partial charge in [-0.05, 0) is 101 Å². The minimum atomic E-state index is -1.76. The number of nitrogens with one attached hydrogen (secondary N) is 13. The van der Waals surface area contributed by atoms with Gasteiger partial charge in [-0.1, -0.05) is 76.6 Å². The predicted octanol–water partition coefficient (Wildman–Crippen LogP) is -5.81. The molecular formula is C64H98N16O20. The van der Waals surface area contributed by atoms with Gasteiger partial charge in [0.25, 0.3) is 0 Å². The molecule has 2 aromatic rings. The van der Waals surface area contributed by atoms with Crippen molar-refractivity contribution in [3.8, 4) is 5.75 Å². The van der Waals surface area contributed by atoms with Gasteiger partial charge >= 0.3 is 11.9 Å². The van der Waals surface area contributed by atoms with E-state index in [9.17, 15) is 92.0 Å². The molecule has 0 saturated heterocycles. The van der Waals surface area contributed by atoms with Crippen LogP contribution in [-0.4, -0.2) is 214 Å². The van der Waals surface area contributed by atoms with Crippen molar-refractivity contribution in [3.63, 3.8) is 0 Å². The summed E-state index contributed by atoms with van der Waals surface area (Å²) >= 11 is 0. The molecule has 0 aliphatic rings. The number of hydrogen-bond acceptors (Lipinski definition) is 20. The number of phenolic OH excluding ortho intramolecular Hbond substituents is 1. The monoisotopic (exact) mass is 1410 g/mol. The highest BCUT2D eigenvalue weighted by atomic mass is 16.4. The summed E-state index contributed by atoms with van der Waals surface area (Å²) in [6, 6.07) is -3.59. The summed E-state index contributed by atoms with van der Waals surface area (Å²) in [5.74, 6) is -17.0. The molecule has 36 heteroatoms. The number of carboxylic acids is 2. The third kappa shape index (κ3) is 31.4. The van der Waals surface area contributed by atoms with Gasteiger partial charge in [0.2, 0.25) is 82.7 Å². The molecule has 13 atom stereocenters. The van der Waals surface area contributed by atoms with Crippen molar-refractivity contribution in [2.24, 2.45) is 29.0 Å². The number of unbranched alkanes of at least 4 members (excludes halogenated alkanes) is 1. The lowest BCUT2D eigenvalue weighted by Gasteiger charge is -2.29. The second-order valence-electron chi connectivity index (χ2n) is 24.4. The fourth-order valence-electron chi connectivity index (χ4n) is 9.48. The van der Waals surface area contributed by atoms with Crippen molar-refractivity contribution in [1.29, 1.82) is 0 Å². The van der Waals surface area contributed by atoms with Gasteiger partial charge in [-0.25, -0.2) is 0 Å². The Bertz CT molecular complexity index is 3160.